The summed E-state index contributed by atoms with van der Waals surface area (Å²) >= 11 is 3.00. The Bertz CT molecular complexity index is 1050. The normalized spacial score (nSPS) is 12.1. The molecule has 29 heavy (non-hydrogen) atoms. The summed E-state index contributed by atoms with van der Waals surface area (Å²) in [5.41, 5.74) is 1.44. The van der Waals surface area contributed by atoms with Gasteiger partial charge in [-0.3, -0.25) is 0 Å². The number of imidazole rings is 1. The molecule has 0 saturated heterocycles. The number of nitrogens with one attached hydrogen (secondary N) is 2. The molecule has 0 aliphatic rings. The average Bonchev–Trinajstić information content (AvgIpc) is 3.33. The van der Waals surface area contributed by atoms with Gasteiger partial charge in [-0.1, -0.05) is 36.9 Å². The summed E-state index contributed by atoms with van der Waals surface area (Å²) < 4.78 is 32.7. The highest BCUT2D eigenvalue weighted by Crippen LogP contribution is 2.28. The molecular formula is C17H24N6O3S3. The van der Waals surface area contributed by atoms with Crippen LogP contribution in [0.2, 0.25) is 0 Å². The number of nitrogens with zero attached hydrogens (tertiary/aromatic N) is 4. The molecule has 1 aromatic carbocycles. The number of methoxy groups -OCH3 is 1. The van der Waals surface area contributed by atoms with Crippen molar-refractivity contribution < 1.29 is 13.2 Å². The van der Waals surface area contributed by atoms with E-state index in [1.54, 1.807) is 25.3 Å². The highest BCUT2D eigenvalue weighted by atomic mass is 32.2. The Kier molecular flexibility index (Phi) is 7.46. The molecule has 2 N–H and O–H groups in total. The van der Waals surface area contributed by atoms with Crippen LogP contribution in [0, 0.1) is 0 Å². The SMILES string of the molecule is CCN(CC)S(=O)(=O)c1ccc2nc(CSc3nnc(NCCOC)s3)[nH]c2c1. The molecule has 158 valence electrons. The van der Waals surface area contributed by atoms with Crippen LogP contribution in [0.15, 0.2) is 27.4 Å². The molecule has 3 aromatic rings. The highest BCUT2D eigenvalue weighted by Gasteiger charge is 2.22. The van der Waals surface area contributed by atoms with Crippen molar-refractivity contribution in [1.82, 2.24) is 24.5 Å². The number of sulfonamides is 1. The van der Waals surface area contributed by atoms with E-state index >= 15 is 0 Å². The molecule has 12 heteroatoms. The second kappa shape index (κ2) is 9.85. The Balaban J connectivity index is 1.69. The maximum absolute atomic E-state index is 12.7. The van der Waals surface area contributed by atoms with Gasteiger partial charge in [-0.15, -0.1) is 10.2 Å². The fourth-order valence-electron chi connectivity index (χ4n) is 2.71. The number of thioether (sulfide) groups is 1. The number of hydrogen-bond acceptors (Lipinski definition) is 9. The third-order valence-electron chi connectivity index (χ3n) is 4.17. The molecule has 0 unspecified atom stereocenters. The molecule has 0 radical (unpaired) electrons. The van der Waals surface area contributed by atoms with Gasteiger partial charge in [0, 0.05) is 26.7 Å². The molecule has 0 saturated carbocycles. The number of aromatic amines is 1. The molecule has 0 fully saturated rings. The lowest BCUT2D eigenvalue weighted by atomic mass is 10.3. The van der Waals surface area contributed by atoms with Crippen LogP contribution < -0.4 is 5.32 Å². The molecule has 0 atom stereocenters. The molecule has 0 bridgehead atoms. The zero-order chi connectivity index (χ0) is 20.9. The van der Waals surface area contributed by atoms with Crippen LogP contribution in [-0.2, 0) is 20.5 Å². The maximum Gasteiger partial charge on any atom is 0.243 e. The lowest BCUT2D eigenvalue weighted by Crippen LogP contribution is -2.30. The first-order valence-corrected chi connectivity index (χ1v) is 12.4. The van der Waals surface area contributed by atoms with Crippen molar-refractivity contribution in [3.63, 3.8) is 0 Å². The molecular weight excluding hydrogens is 432 g/mol. The van der Waals surface area contributed by atoms with Crippen molar-refractivity contribution in [2.24, 2.45) is 0 Å². The van der Waals surface area contributed by atoms with E-state index in [2.05, 4.69) is 25.5 Å². The molecule has 0 amide bonds. The standard InChI is InChI=1S/C17H24N6O3S3/c1-4-23(5-2)29(24,25)12-6-7-13-14(10-12)20-15(19-13)11-27-17-22-21-16(28-17)18-8-9-26-3/h6-7,10H,4-5,8-9,11H2,1-3H3,(H,18,21)(H,19,20). The minimum absolute atomic E-state index is 0.271. The molecule has 0 spiro atoms. The molecule has 2 aromatic heterocycles. The molecule has 0 aliphatic heterocycles. The van der Waals surface area contributed by atoms with E-state index < -0.39 is 10.0 Å². The Morgan fingerprint density at radius 3 is 2.79 bits per heavy atom. The topological polar surface area (TPSA) is 113 Å². The van der Waals surface area contributed by atoms with E-state index in [4.69, 9.17) is 4.74 Å². The summed E-state index contributed by atoms with van der Waals surface area (Å²) in [6.07, 6.45) is 0. The molecule has 3 rings (SSSR count). The van der Waals surface area contributed by atoms with E-state index in [1.165, 1.54) is 27.4 Å². The Hall–Kier alpha value is -1.73. The third-order valence-corrected chi connectivity index (χ3v) is 8.24. The molecule has 2 heterocycles. The van der Waals surface area contributed by atoms with Gasteiger partial charge in [0.2, 0.25) is 15.2 Å². The van der Waals surface area contributed by atoms with Gasteiger partial charge in [-0.05, 0) is 18.2 Å². The van der Waals surface area contributed by atoms with Gasteiger partial charge in [0.1, 0.15) is 5.82 Å². The Morgan fingerprint density at radius 2 is 2.07 bits per heavy atom. The van der Waals surface area contributed by atoms with Crippen molar-refractivity contribution >= 4 is 49.3 Å². The van der Waals surface area contributed by atoms with Crippen molar-refractivity contribution in [2.45, 2.75) is 28.8 Å². The van der Waals surface area contributed by atoms with Crippen LogP contribution in [0.4, 0.5) is 5.13 Å². The monoisotopic (exact) mass is 456 g/mol. The van der Waals surface area contributed by atoms with Gasteiger partial charge in [-0.2, -0.15) is 4.31 Å². The quantitative estimate of drug-likeness (QED) is 0.334. The number of aromatic nitrogens is 4. The minimum atomic E-state index is -3.50. The van der Waals surface area contributed by atoms with E-state index in [0.717, 1.165) is 20.8 Å². The second-order valence-corrected chi connectivity index (χ2v) is 10.2. The third kappa shape index (κ3) is 5.25. The van der Waals surface area contributed by atoms with Gasteiger partial charge in [0.05, 0.1) is 28.3 Å². The summed E-state index contributed by atoms with van der Waals surface area (Å²) in [7, 11) is -1.85. The van der Waals surface area contributed by atoms with E-state index in [0.29, 0.717) is 37.5 Å². The predicted octanol–water partition coefficient (Wildman–Crippen LogP) is 2.80. The number of benzene rings is 1. The van der Waals surface area contributed by atoms with Gasteiger partial charge in [0.15, 0.2) is 4.34 Å². The largest absolute Gasteiger partial charge is 0.383 e. The van der Waals surface area contributed by atoms with Gasteiger partial charge >= 0.3 is 0 Å². The van der Waals surface area contributed by atoms with Crippen molar-refractivity contribution in [3.8, 4) is 0 Å². The molecule has 0 aliphatic carbocycles. The number of rotatable bonds is 11. The lowest BCUT2D eigenvalue weighted by molar-refractivity contribution is 0.211. The van der Waals surface area contributed by atoms with E-state index in [1.807, 2.05) is 13.8 Å². The van der Waals surface area contributed by atoms with Crippen LogP contribution in [0.25, 0.3) is 11.0 Å². The van der Waals surface area contributed by atoms with Crippen molar-refractivity contribution in [1.29, 1.82) is 0 Å². The smallest absolute Gasteiger partial charge is 0.243 e. The predicted molar refractivity (Wildman–Crippen MR) is 116 cm³/mol. The first kappa shape index (κ1) is 22.0. The van der Waals surface area contributed by atoms with Crippen molar-refractivity contribution in [3.05, 3.63) is 24.0 Å². The zero-order valence-corrected chi connectivity index (χ0v) is 19.0. The number of H-pyrrole nitrogens is 1. The number of hydrogen-bond donors (Lipinski definition) is 2. The Morgan fingerprint density at radius 1 is 1.28 bits per heavy atom. The highest BCUT2D eigenvalue weighted by molar-refractivity contribution is 8.00. The van der Waals surface area contributed by atoms with E-state index in [9.17, 15) is 8.42 Å². The van der Waals surface area contributed by atoms with Crippen LogP contribution >= 0.6 is 23.1 Å². The van der Waals surface area contributed by atoms with Crippen LogP contribution in [0.5, 0.6) is 0 Å². The summed E-state index contributed by atoms with van der Waals surface area (Å²) in [5, 5.41) is 12.1. The number of anilines is 1. The summed E-state index contributed by atoms with van der Waals surface area (Å²) in [6, 6.07) is 4.99. The molecule has 9 nitrogen and oxygen atoms in total. The van der Waals surface area contributed by atoms with Gasteiger partial charge < -0.3 is 15.0 Å². The fraction of sp³-hybridized carbons (Fsp3) is 0.471. The first-order chi connectivity index (χ1) is 14.0. The fourth-order valence-corrected chi connectivity index (χ4v) is 5.85. The lowest BCUT2D eigenvalue weighted by Gasteiger charge is -2.18. The summed E-state index contributed by atoms with van der Waals surface area (Å²) in [6.45, 7) is 5.82. The zero-order valence-electron chi connectivity index (χ0n) is 16.5. The van der Waals surface area contributed by atoms with Crippen LogP contribution in [-0.4, -0.2) is 66.2 Å². The first-order valence-electron chi connectivity index (χ1n) is 9.15. The van der Waals surface area contributed by atoms with Crippen molar-refractivity contribution in [2.75, 3.05) is 38.7 Å². The number of fused-ring (bicyclic) bond motifs is 1. The average molecular weight is 457 g/mol. The van der Waals surface area contributed by atoms with Crippen LogP contribution in [0.1, 0.15) is 19.7 Å². The summed E-state index contributed by atoms with van der Waals surface area (Å²) in [4.78, 5) is 8.03. The van der Waals surface area contributed by atoms with Gasteiger partial charge in [-0.25, -0.2) is 13.4 Å². The minimum Gasteiger partial charge on any atom is -0.383 e. The number of ether oxygens (including phenoxy) is 1. The van der Waals surface area contributed by atoms with E-state index in [-0.39, 0.29) is 4.90 Å². The summed E-state index contributed by atoms with van der Waals surface area (Å²) in [5.74, 6) is 1.34. The maximum atomic E-state index is 12.7. The Labute approximate surface area is 178 Å². The van der Waals surface area contributed by atoms with Gasteiger partial charge in [0.25, 0.3) is 0 Å². The van der Waals surface area contributed by atoms with Crippen LogP contribution in [0.3, 0.4) is 0 Å². The second-order valence-electron chi connectivity index (χ2n) is 6.03.